The predicted molar refractivity (Wildman–Crippen MR) is 47.1 cm³/mol. The van der Waals surface area contributed by atoms with Gasteiger partial charge in [0.15, 0.2) is 0 Å². The van der Waals surface area contributed by atoms with Gasteiger partial charge >= 0.3 is 5.69 Å². The summed E-state index contributed by atoms with van der Waals surface area (Å²) in [6.45, 7) is 4.13. The van der Waals surface area contributed by atoms with Crippen molar-refractivity contribution < 1.29 is 4.92 Å². The summed E-state index contributed by atoms with van der Waals surface area (Å²) in [6, 6.07) is 0. The Kier molecular flexibility index (Phi) is 2.33. The highest BCUT2D eigenvalue weighted by molar-refractivity contribution is 5.20. The fourth-order valence-electron chi connectivity index (χ4n) is 0.951. The van der Waals surface area contributed by atoms with Gasteiger partial charge in [0.1, 0.15) is 12.4 Å². The van der Waals surface area contributed by atoms with Crippen LogP contribution in [0.4, 0.5) is 5.69 Å². The van der Waals surface area contributed by atoms with Crippen LogP contribution in [0.15, 0.2) is 12.4 Å². The zero-order chi connectivity index (χ0) is 10.1. The maximum absolute atomic E-state index is 10.3. The van der Waals surface area contributed by atoms with Crippen molar-refractivity contribution in [1.82, 2.24) is 9.78 Å². The number of rotatable bonds is 3. The fraction of sp³-hybridized carbons (Fsp3) is 0.571. The van der Waals surface area contributed by atoms with E-state index in [9.17, 15) is 10.1 Å². The Hall–Kier alpha value is -1.43. The second-order valence-corrected chi connectivity index (χ2v) is 3.64. The minimum Gasteiger partial charge on any atom is -0.324 e. The molecule has 0 radical (unpaired) electrons. The van der Waals surface area contributed by atoms with Crippen LogP contribution in [0.5, 0.6) is 0 Å². The molecular formula is C7H12N4O2. The third kappa shape index (κ3) is 2.83. The summed E-state index contributed by atoms with van der Waals surface area (Å²) >= 11 is 0. The zero-order valence-electron chi connectivity index (χ0n) is 7.60. The van der Waals surface area contributed by atoms with Crippen LogP contribution in [-0.4, -0.2) is 20.2 Å². The van der Waals surface area contributed by atoms with E-state index in [1.54, 1.807) is 0 Å². The van der Waals surface area contributed by atoms with Crippen molar-refractivity contribution in [3.8, 4) is 0 Å². The van der Waals surface area contributed by atoms with E-state index in [1.165, 1.54) is 17.1 Å². The van der Waals surface area contributed by atoms with Gasteiger partial charge in [-0.1, -0.05) is 0 Å². The summed E-state index contributed by atoms with van der Waals surface area (Å²) < 4.78 is 1.47. The topological polar surface area (TPSA) is 87.0 Å². The molecule has 0 aliphatic rings. The van der Waals surface area contributed by atoms with E-state index in [0.717, 1.165) is 0 Å². The van der Waals surface area contributed by atoms with E-state index in [2.05, 4.69) is 5.10 Å². The molecule has 0 aromatic carbocycles. The molecule has 6 nitrogen and oxygen atoms in total. The Balaban J connectivity index is 2.75. The van der Waals surface area contributed by atoms with Gasteiger partial charge in [-0.3, -0.25) is 14.8 Å². The Morgan fingerprint density at radius 2 is 2.38 bits per heavy atom. The summed E-state index contributed by atoms with van der Waals surface area (Å²) in [5.74, 6) is 0. The maximum Gasteiger partial charge on any atom is 0.306 e. The summed E-state index contributed by atoms with van der Waals surface area (Å²) in [5, 5.41) is 14.1. The zero-order valence-corrected chi connectivity index (χ0v) is 7.60. The highest BCUT2D eigenvalue weighted by atomic mass is 16.6. The molecule has 1 aromatic rings. The molecule has 0 saturated heterocycles. The minimum atomic E-state index is -0.479. The molecule has 0 saturated carbocycles. The second-order valence-electron chi connectivity index (χ2n) is 3.64. The van der Waals surface area contributed by atoms with E-state index in [0.29, 0.717) is 6.54 Å². The van der Waals surface area contributed by atoms with Gasteiger partial charge in [0.05, 0.1) is 11.5 Å². The third-order valence-electron chi connectivity index (χ3n) is 1.40. The van der Waals surface area contributed by atoms with Gasteiger partial charge in [0.2, 0.25) is 0 Å². The van der Waals surface area contributed by atoms with Crippen LogP contribution in [0.25, 0.3) is 0 Å². The molecule has 0 unspecified atom stereocenters. The van der Waals surface area contributed by atoms with E-state index in [-0.39, 0.29) is 5.69 Å². The molecule has 6 heteroatoms. The molecule has 0 fully saturated rings. The SMILES string of the molecule is CC(C)(N)Cn1cc([N+](=O)[O-])cn1. The van der Waals surface area contributed by atoms with Crippen LogP contribution in [0, 0.1) is 10.1 Å². The van der Waals surface area contributed by atoms with Gasteiger partial charge in [-0.05, 0) is 13.8 Å². The van der Waals surface area contributed by atoms with Crippen LogP contribution >= 0.6 is 0 Å². The van der Waals surface area contributed by atoms with Gasteiger partial charge in [-0.25, -0.2) is 0 Å². The van der Waals surface area contributed by atoms with Gasteiger partial charge in [-0.15, -0.1) is 0 Å². The molecule has 0 aliphatic carbocycles. The lowest BCUT2D eigenvalue weighted by molar-refractivity contribution is -0.385. The summed E-state index contributed by atoms with van der Waals surface area (Å²) in [7, 11) is 0. The highest BCUT2D eigenvalue weighted by Crippen LogP contribution is 2.09. The number of nitrogens with two attached hydrogens (primary N) is 1. The molecular weight excluding hydrogens is 172 g/mol. The first kappa shape index (κ1) is 9.66. The number of nitro groups is 1. The smallest absolute Gasteiger partial charge is 0.306 e. The van der Waals surface area contributed by atoms with Crippen LogP contribution in [0.1, 0.15) is 13.8 Å². The molecule has 0 atom stereocenters. The van der Waals surface area contributed by atoms with Crippen molar-refractivity contribution in [2.75, 3.05) is 0 Å². The van der Waals surface area contributed by atoms with Crippen molar-refractivity contribution in [1.29, 1.82) is 0 Å². The molecule has 0 bridgehead atoms. The lowest BCUT2D eigenvalue weighted by Crippen LogP contribution is -2.37. The van der Waals surface area contributed by atoms with E-state index in [1.807, 2.05) is 13.8 Å². The van der Waals surface area contributed by atoms with Gasteiger partial charge in [0.25, 0.3) is 0 Å². The molecule has 0 amide bonds. The Morgan fingerprint density at radius 3 is 2.77 bits per heavy atom. The van der Waals surface area contributed by atoms with Crippen LogP contribution in [0.3, 0.4) is 0 Å². The van der Waals surface area contributed by atoms with Crippen molar-refractivity contribution in [3.05, 3.63) is 22.5 Å². The molecule has 1 aromatic heterocycles. The minimum absolute atomic E-state index is 0.00995. The van der Waals surface area contributed by atoms with E-state index >= 15 is 0 Å². The third-order valence-corrected chi connectivity index (χ3v) is 1.40. The molecule has 13 heavy (non-hydrogen) atoms. The first-order valence-electron chi connectivity index (χ1n) is 3.84. The second kappa shape index (κ2) is 3.14. The molecule has 0 spiro atoms. The van der Waals surface area contributed by atoms with Crippen molar-refractivity contribution >= 4 is 5.69 Å². The van der Waals surface area contributed by atoms with Crippen molar-refractivity contribution in [2.45, 2.75) is 25.9 Å². The van der Waals surface area contributed by atoms with Gasteiger partial charge < -0.3 is 5.73 Å². The van der Waals surface area contributed by atoms with Crippen LogP contribution < -0.4 is 5.73 Å². The lowest BCUT2D eigenvalue weighted by Gasteiger charge is -2.17. The summed E-state index contributed by atoms with van der Waals surface area (Å²) in [4.78, 5) is 9.82. The molecule has 1 rings (SSSR count). The van der Waals surface area contributed by atoms with Crippen LogP contribution in [0.2, 0.25) is 0 Å². The summed E-state index contributed by atoms with van der Waals surface area (Å²) in [5.41, 5.74) is 5.30. The van der Waals surface area contributed by atoms with Crippen molar-refractivity contribution in [3.63, 3.8) is 0 Å². The lowest BCUT2D eigenvalue weighted by atomic mass is 10.1. The molecule has 72 valence electrons. The average molecular weight is 184 g/mol. The molecule has 2 N–H and O–H groups in total. The van der Waals surface area contributed by atoms with Crippen LogP contribution in [-0.2, 0) is 6.54 Å². The van der Waals surface area contributed by atoms with E-state index < -0.39 is 10.5 Å². The number of nitrogens with zero attached hydrogens (tertiary/aromatic N) is 3. The van der Waals surface area contributed by atoms with Crippen molar-refractivity contribution in [2.24, 2.45) is 5.73 Å². The predicted octanol–water partition coefficient (Wildman–Crippen LogP) is 0.529. The fourth-order valence-corrected chi connectivity index (χ4v) is 0.951. The Labute approximate surface area is 75.5 Å². The Morgan fingerprint density at radius 1 is 1.77 bits per heavy atom. The number of hydrogen-bond donors (Lipinski definition) is 1. The van der Waals surface area contributed by atoms with E-state index in [4.69, 9.17) is 5.73 Å². The van der Waals surface area contributed by atoms with Gasteiger partial charge in [0, 0.05) is 5.54 Å². The molecule has 0 aliphatic heterocycles. The maximum atomic E-state index is 10.3. The number of aromatic nitrogens is 2. The first-order valence-corrected chi connectivity index (χ1v) is 3.84. The number of hydrogen-bond acceptors (Lipinski definition) is 4. The largest absolute Gasteiger partial charge is 0.324 e. The van der Waals surface area contributed by atoms with Gasteiger partial charge in [-0.2, -0.15) is 5.10 Å². The highest BCUT2D eigenvalue weighted by Gasteiger charge is 2.15. The monoisotopic (exact) mass is 184 g/mol. The summed E-state index contributed by atoms with van der Waals surface area (Å²) in [6.07, 6.45) is 2.58. The molecule has 1 heterocycles. The quantitative estimate of drug-likeness (QED) is 0.548. The first-order chi connectivity index (χ1) is 5.88. The Bertz CT molecular complexity index is 313. The standard InChI is InChI=1S/C7H12N4O2/c1-7(2,8)5-10-4-6(3-9-10)11(12)13/h3-4H,5,8H2,1-2H3. The normalized spacial score (nSPS) is 11.6. The average Bonchev–Trinajstić information content (AvgIpc) is 2.31.